The summed E-state index contributed by atoms with van der Waals surface area (Å²) in [6.45, 7) is 2.02. The molecule has 1 aromatic carbocycles. The number of aryl methyl sites for hydroxylation is 1. The molecule has 0 saturated heterocycles. The van der Waals surface area contributed by atoms with Gasteiger partial charge in [-0.05, 0) is 19.1 Å². The second-order valence-corrected chi connectivity index (χ2v) is 4.15. The second kappa shape index (κ2) is 2.29. The number of H-pyrrole nitrogens is 1. The van der Waals surface area contributed by atoms with Crippen LogP contribution in [0.1, 0.15) is 5.01 Å². The lowest BCUT2D eigenvalue weighted by molar-refractivity contribution is 1.35. The lowest BCUT2D eigenvalue weighted by Crippen LogP contribution is -1.71. The van der Waals surface area contributed by atoms with Crippen molar-refractivity contribution in [3.63, 3.8) is 0 Å². The molecular formula is C9H7N3S. The Morgan fingerprint density at radius 2 is 2.31 bits per heavy atom. The number of hydrogen-bond donors (Lipinski definition) is 1. The van der Waals surface area contributed by atoms with E-state index < -0.39 is 0 Å². The van der Waals surface area contributed by atoms with Crippen molar-refractivity contribution in [2.45, 2.75) is 6.92 Å². The Morgan fingerprint density at radius 3 is 3.23 bits per heavy atom. The Labute approximate surface area is 78.4 Å². The average molecular weight is 189 g/mol. The van der Waals surface area contributed by atoms with Crippen LogP contribution in [-0.2, 0) is 0 Å². The molecule has 1 N–H and O–H groups in total. The van der Waals surface area contributed by atoms with E-state index >= 15 is 0 Å². The van der Waals surface area contributed by atoms with E-state index in [2.05, 4.69) is 15.0 Å². The molecule has 0 bridgehead atoms. The first-order valence-electron chi connectivity index (χ1n) is 4.04. The van der Waals surface area contributed by atoms with E-state index in [1.807, 2.05) is 19.1 Å². The molecule has 2 aromatic heterocycles. The van der Waals surface area contributed by atoms with E-state index in [1.165, 1.54) is 4.70 Å². The van der Waals surface area contributed by atoms with Crippen LogP contribution in [0, 0.1) is 6.92 Å². The minimum absolute atomic E-state index is 1.03. The fourth-order valence-electron chi connectivity index (χ4n) is 1.50. The van der Waals surface area contributed by atoms with Gasteiger partial charge in [-0.1, -0.05) is 0 Å². The van der Waals surface area contributed by atoms with E-state index in [4.69, 9.17) is 0 Å². The molecule has 0 aliphatic carbocycles. The number of nitrogens with one attached hydrogen (secondary N) is 1. The summed E-state index contributed by atoms with van der Waals surface area (Å²) in [4.78, 5) is 11.8. The summed E-state index contributed by atoms with van der Waals surface area (Å²) in [7, 11) is 0. The molecule has 0 saturated carbocycles. The monoisotopic (exact) mass is 189 g/mol. The minimum atomic E-state index is 1.03. The average Bonchev–Trinajstić information content (AvgIpc) is 2.65. The number of rotatable bonds is 0. The fourth-order valence-corrected chi connectivity index (χ4v) is 2.42. The van der Waals surface area contributed by atoms with Crippen LogP contribution in [0.4, 0.5) is 0 Å². The van der Waals surface area contributed by atoms with Crippen LogP contribution in [0.25, 0.3) is 21.3 Å². The van der Waals surface area contributed by atoms with Crippen molar-refractivity contribution in [3.05, 3.63) is 23.5 Å². The third-order valence-electron chi connectivity index (χ3n) is 2.05. The zero-order valence-corrected chi connectivity index (χ0v) is 7.85. The highest BCUT2D eigenvalue weighted by atomic mass is 32.1. The SMILES string of the molecule is Cc1nc2ccc3[nH]cnc3c2s1. The van der Waals surface area contributed by atoms with Crippen molar-refractivity contribution in [1.82, 2.24) is 15.0 Å². The lowest BCUT2D eigenvalue weighted by atomic mass is 10.3. The maximum absolute atomic E-state index is 4.41. The Bertz CT molecular complexity index is 579. The molecule has 0 spiro atoms. The van der Waals surface area contributed by atoms with Crippen LogP contribution < -0.4 is 0 Å². The van der Waals surface area contributed by atoms with Gasteiger partial charge < -0.3 is 4.98 Å². The summed E-state index contributed by atoms with van der Waals surface area (Å²) >= 11 is 1.69. The van der Waals surface area contributed by atoms with E-state index in [0.717, 1.165) is 21.6 Å². The summed E-state index contributed by atoms with van der Waals surface area (Å²) in [6.07, 6.45) is 1.72. The van der Waals surface area contributed by atoms with Gasteiger partial charge in [-0.2, -0.15) is 0 Å². The van der Waals surface area contributed by atoms with Crippen LogP contribution in [0.15, 0.2) is 18.5 Å². The molecular weight excluding hydrogens is 182 g/mol. The smallest absolute Gasteiger partial charge is 0.108 e. The van der Waals surface area contributed by atoms with Crippen molar-refractivity contribution >= 4 is 32.6 Å². The molecule has 0 atom stereocenters. The number of benzene rings is 1. The highest BCUT2D eigenvalue weighted by molar-refractivity contribution is 7.19. The lowest BCUT2D eigenvalue weighted by Gasteiger charge is -1.87. The second-order valence-electron chi connectivity index (χ2n) is 2.95. The summed E-state index contributed by atoms with van der Waals surface area (Å²) in [5, 5.41) is 1.09. The van der Waals surface area contributed by atoms with E-state index in [1.54, 1.807) is 17.7 Å². The first kappa shape index (κ1) is 7.03. The minimum Gasteiger partial charge on any atom is -0.345 e. The molecule has 0 aliphatic rings. The zero-order chi connectivity index (χ0) is 8.84. The van der Waals surface area contributed by atoms with Gasteiger partial charge in [-0.3, -0.25) is 0 Å². The van der Waals surface area contributed by atoms with Gasteiger partial charge in [-0.15, -0.1) is 11.3 Å². The van der Waals surface area contributed by atoms with Crippen LogP contribution >= 0.6 is 11.3 Å². The Morgan fingerprint density at radius 1 is 1.38 bits per heavy atom. The molecule has 0 radical (unpaired) electrons. The van der Waals surface area contributed by atoms with E-state index in [9.17, 15) is 0 Å². The van der Waals surface area contributed by atoms with Gasteiger partial charge in [-0.25, -0.2) is 9.97 Å². The van der Waals surface area contributed by atoms with Crippen molar-refractivity contribution in [2.24, 2.45) is 0 Å². The molecule has 0 amide bonds. The standard InChI is InChI=1S/C9H7N3S/c1-5-12-7-3-2-6-8(9(7)13-5)11-4-10-6/h2-4H,1H3,(H,10,11). The Hall–Kier alpha value is -1.42. The molecule has 0 unspecified atom stereocenters. The molecule has 3 nitrogen and oxygen atoms in total. The number of thiazole rings is 1. The van der Waals surface area contributed by atoms with Crippen LogP contribution in [-0.4, -0.2) is 15.0 Å². The van der Waals surface area contributed by atoms with Crippen molar-refractivity contribution in [2.75, 3.05) is 0 Å². The van der Waals surface area contributed by atoms with Crippen LogP contribution in [0.3, 0.4) is 0 Å². The van der Waals surface area contributed by atoms with Crippen molar-refractivity contribution in [1.29, 1.82) is 0 Å². The van der Waals surface area contributed by atoms with Crippen LogP contribution in [0.2, 0.25) is 0 Å². The third kappa shape index (κ3) is 0.890. The normalized spacial score (nSPS) is 11.5. The first-order chi connectivity index (χ1) is 6.34. The highest BCUT2D eigenvalue weighted by Crippen LogP contribution is 2.27. The number of imidazole rings is 1. The predicted octanol–water partition coefficient (Wildman–Crippen LogP) is 2.48. The highest BCUT2D eigenvalue weighted by Gasteiger charge is 2.05. The van der Waals surface area contributed by atoms with Gasteiger partial charge in [0.25, 0.3) is 0 Å². The summed E-state index contributed by atoms with van der Waals surface area (Å²) in [5.41, 5.74) is 3.15. The number of fused-ring (bicyclic) bond motifs is 3. The van der Waals surface area contributed by atoms with Gasteiger partial charge in [0, 0.05) is 0 Å². The summed E-state index contributed by atoms with van der Waals surface area (Å²) in [6, 6.07) is 4.04. The van der Waals surface area contributed by atoms with Crippen molar-refractivity contribution < 1.29 is 0 Å². The largest absolute Gasteiger partial charge is 0.345 e. The van der Waals surface area contributed by atoms with Crippen LogP contribution in [0.5, 0.6) is 0 Å². The molecule has 4 heteroatoms. The molecule has 64 valence electrons. The summed E-state index contributed by atoms with van der Waals surface area (Å²) in [5.74, 6) is 0. The van der Waals surface area contributed by atoms with Gasteiger partial charge in [0.1, 0.15) is 5.52 Å². The molecule has 0 fully saturated rings. The van der Waals surface area contributed by atoms with Gasteiger partial charge in [0.15, 0.2) is 0 Å². The molecule has 0 aliphatic heterocycles. The van der Waals surface area contributed by atoms with E-state index in [0.29, 0.717) is 0 Å². The maximum Gasteiger partial charge on any atom is 0.108 e. The quantitative estimate of drug-likeness (QED) is 0.590. The predicted molar refractivity (Wildman–Crippen MR) is 54.0 cm³/mol. The molecule has 13 heavy (non-hydrogen) atoms. The molecule has 3 rings (SSSR count). The van der Waals surface area contributed by atoms with Gasteiger partial charge in [0.05, 0.1) is 27.1 Å². The number of nitrogens with zero attached hydrogens (tertiary/aromatic N) is 2. The number of aromatic nitrogens is 3. The van der Waals surface area contributed by atoms with Crippen molar-refractivity contribution in [3.8, 4) is 0 Å². The number of hydrogen-bond acceptors (Lipinski definition) is 3. The fraction of sp³-hybridized carbons (Fsp3) is 0.111. The van der Waals surface area contributed by atoms with Gasteiger partial charge >= 0.3 is 0 Å². The molecule has 2 heterocycles. The summed E-state index contributed by atoms with van der Waals surface area (Å²) < 4.78 is 1.18. The topological polar surface area (TPSA) is 41.6 Å². The van der Waals surface area contributed by atoms with E-state index in [-0.39, 0.29) is 0 Å². The van der Waals surface area contributed by atoms with Gasteiger partial charge in [0.2, 0.25) is 0 Å². The Kier molecular flexibility index (Phi) is 1.24. The maximum atomic E-state index is 4.41. The third-order valence-corrected chi connectivity index (χ3v) is 3.05. The first-order valence-corrected chi connectivity index (χ1v) is 4.85. The Balaban J connectivity index is 2.64. The molecule has 3 aromatic rings. The number of aromatic amines is 1. The zero-order valence-electron chi connectivity index (χ0n) is 7.03.